The minimum Gasteiger partial charge on any atom is -0.467 e. The Labute approximate surface area is 129 Å². The summed E-state index contributed by atoms with van der Waals surface area (Å²) >= 11 is 3.44. The van der Waals surface area contributed by atoms with E-state index in [-0.39, 0.29) is 5.97 Å². The molecular formula is C16H22BrNO2. The van der Waals surface area contributed by atoms with Gasteiger partial charge in [0.1, 0.15) is 5.54 Å². The molecule has 0 heterocycles. The van der Waals surface area contributed by atoms with Crippen LogP contribution in [-0.2, 0) is 15.1 Å². The van der Waals surface area contributed by atoms with Gasteiger partial charge in [-0.1, -0.05) is 47.8 Å². The first-order chi connectivity index (χ1) is 9.62. The molecule has 1 fully saturated rings. The van der Waals surface area contributed by atoms with Gasteiger partial charge in [0, 0.05) is 10.5 Å². The molecule has 1 aromatic rings. The Morgan fingerprint density at radius 2 is 1.95 bits per heavy atom. The molecule has 1 aliphatic carbocycles. The zero-order valence-electron chi connectivity index (χ0n) is 12.1. The second-order valence-corrected chi connectivity index (χ2v) is 6.30. The van der Waals surface area contributed by atoms with E-state index in [1.807, 2.05) is 31.2 Å². The van der Waals surface area contributed by atoms with Crippen LogP contribution in [0.15, 0.2) is 28.7 Å². The fourth-order valence-corrected chi connectivity index (χ4v) is 3.30. The van der Waals surface area contributed by atoms with E-state index in [1.165, 1.54) is 20.0 Å². The molecule has 0 bridgehead atoms. The molecule has 20 heavy (non-hydrogen) atoms. The summed E-state index contributed by atoms with van der Waals surface area (Å²) < 4.78 is 6.10. The van der Waals surface area contributed by atoms with Gasteiger partial charge in [0.25, 0.3) is 0 Å². The van der Waals surface area contributed by atoms with Gasteiger partial charge in [0.05, 0.1) is 7.11 Å². The third-order valence-corrected chi connectivity index (χ3v) is 4.74. The molecule has 1 saturated carbocycles. The lowest BCUT2D eigenvalue weighted by Gasteiger charge is -2.34. The van der Waals surface area contributed by atoms with Crippen molar-refractivity contribution in [1.29, 1.82) is 0 Å². The molecule has 0 spiro atoms. The monoisotopic (exact) mass is 339 g/mol. The number of esters is 1. The molecule has 110 valence electrons. The third kappa shape index (κ3) is 3.07. The second-order valence-electron chi connectivity index (χ2n) is 5.38. The molecule has 1 aliphatic rings. The number of benzene rings is 1. The number of ether oxygens (including phenoxy) is 1. The number of rotatable bonds is 5. The van der Waals surface area contributed by atoms with E-state index in [0.29, 0.717) is 12.5 Å². The van der Waals surface area contributed by atoms with Gasteiger partial charge in [-0.15, -0.1) is 0 Å². The van der Waals surface area contributed by atoms with Crippen molar-refractivity contribution in [2.45, 2.75) is 50.6 Å². The highest BCUT2D eigenvalue weighted by molar-refractivity contribution is 9.10. The van der Waals surface area contributed by atoms with Gasteiger partial charge in [-0.3, -0.25) is 5.32 Å². The standard InChI is InChI=1S/C16H22BrNO2/c1-3-16(15(19)20-2,18-14-6-4-5-7-14)12-8-10-13(17)11-9-12/h8-11,14,18H,3-7H2,1-2H3. The van der Waals surface area contributed by atoms with Gasteiger partial charge in [-0.25, -0.2) is 4.79 Å². The van der Waals surface area contributed by atoms with Gasteiger partial charge in [0.15, 0.2) is 0 Å². The Bertz CT molecular complexity index is 454. The Morgan fingerprint density at radius 1 is 1.35 bits per heavy atom. The number of carbonyl (C=O) groups excluding carboxylic acids is 1. The largest absolute Gasteiger partial charge is 0.467 e. The van der Waals surface area contributed by atoms with E-state index >= 15 is 0 Å². The Balaban J connectivity index is 2.35. The molecule has 4 heteroatoms. The zero-order valence-corrected chi connectivity index (χ0v) is 13.7. The summed E-state index contributed by atoms with van der Waals surface area (Å²) in [6.07, 6.45) is 5.42. The molecular weight excluding hydrogens is 318 g/mol. The SMILES string of the molecule is CCC(NC1CCCC1)(C(=O)OC)c1ccc(Br)cc1. The van der Waals surface area contributed by atoms with Gasteiger partial charge in [0.2, 0.25) is 0 Å². The first-order valence-electron chi connectivity index (χ1n) is 7.24. The average molecular weight is 340 g/mol. The first-order valence-corrected chi connectivity index (χ1v) is 8.04. The summed E-state index contributed by atoms with van der Waals surface area (Å²) in [6, 6.07) is 8.33. The number of methoxy groups -OCH3 is 1. The third-order valence-electron chi connectivity index (χ3n) is 4.21. The average Bonchev–Trinajstić information content (AvgIpc) is 2.98. The predicted octanol–water partition coefficient (Wildman–Crippen LogP) is 3.76. The van der Waals surface area contributed by atoms with E-state index in [2.05, 4.69) is 21.2 Å². The summed E-state index contributed by atoms with van der Waals surface area (Å²) in [5.41, 5.74) is 0.242. The van der Waals surface area contributed by atoms with Crippen molar-refractivity contribution in [3.8, 4) is 0 Å². The highest BCUT2D eigenvalue weighted by Gasteiger charge is 2.41. The fourth-order valence-electron chi connectivity index (χ4n) is 3.04. The number of halogens is 1. The van der Waals surface area contributed by atoms with Crippen molar-refractivity contribution in [3.63, 3.8) is 0 Å². The molecule has 1 aromatic carbocycles. The molecule has 1 atom stereocenters. The molecule has 0 saturated heterocycles. The summed E-state index contributed by atoms with van der Waals surface area (Å²) in [5.74, 6) is -0.200. The van der Waals surface area contributed by atoms with Crippen LogP contribution in [0.3, 0.4) is 0 Å². The Hall–Kier alpha value is -0.870. The summed E-state index contributed by atoms with van der Waals surface area (Å²) in [4.78, 5) is 12.4. The lowest BCUT2D eigenvalue weighted by Crippen LogP contribution is -2.53. The molecule has 0 radical (unpaired) electrons. The maximum atomic E-state index is 12.4. The van der Waals surface area contributed by atoms with Crippen LogP contribution in [0.1, 0.15) is 44.6 Å². The number of hydrogen-bond donors (Lipinski definition) is 1. The van der Waals surface area contributed by atoms with E-state index in [4.69, 9.17) is 4.74 Å². The Morgan fingerprint density at radius 3 is 2.45 bits per heavy atom. The minimum atomic E-state index is -0.732. The van der Waals surface area contributed by atoms with Crippen LogP contribution < -0.4 is 5.32 Å². The second kappa shape index (κ2) is 6.72. The highest BCUT2D eigenvalue weighted by atomic mass is 79.9. The van der Waals surface area contributed by atoms with E-state index in [1.54, 1.807) is 0 Å². The number of carbonyl (C=O) groups is 1. The van der Waals surface area contributed by atoms with Crippen molar-refractivity contribution in [2.24, 2.45) is 0 Å². The highest BCUT2D eigenvalue weighted by Crippen LogP contribution is 2.31. The molecule has 0 aromatic heterocycles. The fraction of sp³-hybridized carbons (Fsp3) is 0.562. The van der Waals surface area contributed by atoms with Crippen molar-refractivity contribution in [1.82, 2.24) is 5.32 Å². The maximum absolute atomic E-state index is 12.4. The van der Waals surface area contributed by atoms with Crippen LogP contribution in [0.25, 0.3) is 0 Å². The number of nitrogens with one attached hydrogen (secondary N) is 1. The first kappa shape index (κ1) is 15.5. The molecule has 1 N–H and O–H groups in total. The van der Waals surface area contributed by atoms with E-state index in [0.717, 1.165) is 22.9 Å². The smallest absolute Gasteiger partial charge is 0.330 e. The molecule has 0 aliphatic heterocycles. The Kier molecular flexibility index (Phi) is 5.22. The molecule has 1 unspecified atom stereocenters. The topological polar surface area (TPSA) is 38.3 Å². The van der Waals surface area contributed by atoms with Crippen molar-refractivity contribution >= 4 is 21.9 Å². The summed E-state index contributed by atoms with van der Waals surface area (Å²) in [5, 5.41) is 3.58. The number of hydrogen-bond acceptors (Lipinski definition) is 3. The molecule has 2 rings (SSSR count). The van der Waals surface area contributed by atoms with E-state index in [9.17, 15) is 4.79 Å². The van der Waals surface area contributed by atoms with Crippen LogP contribution >= 0.6 is 15.9 Å². The lowest BCUT2D eigenvalue weighted by atomic mass is 9.86. The van der Waals surface area contributed by atoms with Gasteiger partial charge in [-0.2, -0.15) is 0 Å². The summed E-state index contributed by atoms with van der Waals surface area (Å²) in [7, 11) is 1.46. The van der Waals surface area contributed by atoms with Crippen LogP contribution in [-0.4, -0.2) is 19.1 Å². The van der Waals surface area contributed by atoms with Gasteiger partial charge in [-0.05, 0) is 37.0 Å². The lowest BCUT2D eigenvalue weighted by molar-refractivity contribution is -0.149. The van der Waals surface area contributed by atoms with E-state index < -0.39 is 5.54 Å². The van der Waals surface area contributed by atoms with Gasteiger partial charge >= 0.3 is 5.97 Å². The zero-order chi connectivity index (χ0) is 14.6. The van der Waals surface area contributed by atoms with Crippen LogP contribution in [0, 0.1) is 0 Å². The van der Waals surface area contributed by atoms with Crippen molar-refractivity contribution < 1.29 is 9.53 Å². The minimum absolute atomic E-state index is 0.200. The predicted molar refractivity (Wildman–Crippen MR) is 83.5 cm³/mol. The van der Waals surface area contributed by atoms with Crippen molar-refractivity contribution in [3.05, 3.63) is 34.3 Å². The maximum Gasteiger partial charge on any atom is 0.330 e. The quantitative estimate of drug-likeness (QED) is 0.830. The van der Waals surface area contributed by atoms with Crippen LogP contribution in [0.2, 0.25) is 0 Å². The summed E-state index contributed by atoms with van der Waals surface area (Å²) in [6.45, 7) is 2.03. The van der Waals surface area contributed by atoms with Gasteiger partial charge < -0.3 is 4.74 Å². The normalized spacial score (nSPS) is 18.8. The molecule has 3 nitrogen and oxygen atoms in total. The molecule has 0 amide bonds. The van der Waals surface area contributed by atoms with Crippen LogP contribution in [0.5, 0.6) is 0 Å². The van der Waals surface area contributed by atoms with Crippen LogP contribution in [0.4, 0.5) is 0 Å². The van der Waals surface area contributed by atoms with Crippen molar-refractivity contribution in [2.75, 3.05) is 7.11 Å².